The van der Waals surface area contributed by atoms with E-state index in [0.717, 1.165) is 64.2 Å². The topological polar surface area (TPSA) is 80.4 Å². The van der Waals surface area contributed by atoms with Crippen LogP contribution in [-0.2, 0) is 4.79 Å². The van der Waals surface area contributed by atoms with E-state index in [0.29, 0.717) is 12.1 Å². The molecule has 0 atom stereocenters. The lowest BCUT2D eigenvalue weighted by Gasteiger charge is -1.98. The minimum absolute atomic E-state index is 0.257. The van der Waals surface area contributed by atoms with Gasteiger partial charge in [-0.15, -0.1) is 0 Å². The van der Waals surface area contributed by atoms with Gasteiger partial charge in [0.05, 0.1) is 4.92 Å². The molecule has 0 saturated heterocycles. The minimum atomic E-state index is -0.726. The predicted molar refractivity (Wildman–Crippen MR) is 92.9 cm³/mol. The van der Waals surface area contributed by atoms with Crippen molar-refractivity contribution in [1.82, 2.24) is 0 Å². The van der Waals surface area contributed by atoms with Crippen LogP contribution in [0.2, 0.25) is 0 Å². The molecule has 0 aromatic carbocycles. The summed E-state index contributed by atoms with van der Waals surface area (Å²) in [5.74, 6) is -0.726. The van der Waals surface area contributed by atoms with E-state index in [1.165, 1.54) is 0 Å². The molecule has 0 aromatic rings. The monoisotopic (exact) mass is 325 g/mol. The number of nitro groups is 1. The van der Waals surface area contributed by atoms with Crippen molar-refractivity contribution < 1.29 is 14.8 Å². The number of carboxylic acid groups (broad SMARTS) is 1. The van der Waals surface area contributed by atoms with Crippen LogP contribution in [0.5, 0.6) is 0 Å². The Kier molecular flexibility index (Phi) is 14.2. The summed E-state index contributed by atoms with van der Waals surface area (Å²) in [5, 5.41) is 19.5. The molecule has 0 amide bonds. The number of allylic oxidation sites excluding steroid dienone is 4. The molecule has 0 radical (unpaired) electrons. The zero-order chi connectivity index (χ0) is 17.3. The summed E-state index contributed by atoms with van der Waals surface area (Å²) < 4.78 is 0. The van der Waals surface area contributed by atoms with Crippen molar-refractivity contribution in [3.8, 4) is 0 Å². The Bertz CT molecular complexity index is 388. The Balaban J connectivity index is 3.76. The fraction of sp³-hybridized carbons (Fsp3) is 0.722. The molecular weight excluding hydrogens is 294 g/mol. The molecule has 0 saturated carbocycles. The van der Waals surface area contributed by atoms with Crippen LogP contribution < -0.4 is 0 Å². The molecule has 23 heavy (non-hydrogen) atoms. The quantitative estimate of drug-likeness (QED) is 0.187. The largest absolute Gasteiger partial charge is 0.481 e. The molecule has 132 valence electrons. The van der Waals surface area contributed by atoms with Crippen molar-refractivity contribution in [3.05, 3.63) is 34.0 Å². The Hall–Kier alpha value is -1.65. The second-order valence-corrected chi connectivity index (χ2v) is 5.85. The van der Waals surface area contributed by atoms with Gasteiger partial charge in [0, 0.05) is 18.9 Å². The number of hydrogen-bond acceptors (Lipinski definition) is 3. The highest BCUT2D eigenvalue weighted by molar-refractivity contribution is 5.66. The normalized spacial score (nSPS) is 12.0. The van der Waals surface area contributed by atoms with Gasteiger partial charge in [0.2, 0.25) is 5.70 Å². The number of aliphatic carboxylic acids is 1. The fourth-order valence-electron chi connectivity index (χ4n) is 2.31. The maximum atomic E-state index is 10.9. The summed E-state index contributed by atoms with van der Waals surface area (Å²) in [7, 11) is 0. The van der Waals surface area contributed by atoms with Gasteiger partial charge in [0.25, 0.3) is 0 Å². The molecule has 0 aliphatic rings. The molecule has 0 heterocycles. The minimum Gasteiger partial charge on any atom is -0.481 e. The summed E-state index contributed by atoms with van der Waals surface area (Å²) in [6.45, 7) is 2.12. The molecule has 1 N–H and O–H groups in total. The first-order valence-corrected chi connectivity index (χ1v) is 8.79. The van der Waals surface area contributed by atoms with Gasteiger partial charge >= 0.3 is 5.97 Å². The molecule has 0 aliphatic heterocycles. The Morgan fingerprint density at radius 2 is 1.61 bits per heavy atom. The maximum absolute atomic E-state index is 10.9. The number of rotatable bonds is 15. The van der Waals surface area contributed by atoms with Crippen LogP contribution in [0, 0.1) is 10.1 Å². The van der Waals surface area contributed by atoms with E-state index < -0.39 is 5.97 Å². The third kappa shape index (κ3) is 15.0. The van der Waals surface area contributed by atoms with Gasteiger partial charge in [-0.25, -0.2) is 0 Å². The maximum Gasteiger partial charge on any atom is 0.303 e. The van der Waals surface area contributed by atoms with Crippen LogP contribution in [0.1, 0.15) is 84.0 Å². The summed E-state index contributed by atoms with van der Waals surface area (Å²) in [4.78, 5) is 21.0. The molecule has 5 heteroatoms. The van der Waals surface area contributed by atoms with Gasteiger partial charge in [-0.1, -0.05) is 57.6 Å². The zero-order valence-electron chi connectivity index (χ0n) is 14.3. The Morgan fingerprint density at radius 3 is 2.26 bits per heavy atom. The molecule has 0 bridgehead atoms. The van der Waals surface area contributed by atoms with Gasteiger partial charge in [-0.3, -0.25) is 14.9 Å². The molecule has 0 aromatic heterocycles. The van der Waals surface area contributed by atoms with E-state index in [1.54, 1.807) is 12.2 Å². The summed E-state index contributed by atoms with van der Waals surface area (Å²) >= 11 is 0. The lowest BCUT2D eigenvalue weighted by molar-refractivity contribution is -0.428. The van der Waals surface area contributed by atoms with Gasteiger partial charge < -0.3 is 5.11 Å². The third-order valence-electron chi connectivity index (χ3n) is 3.71. The lowest BCUT2D eigenvalue weighted by atomic mass is 10.1. The van der Waals surface area contributed by atoms with Crippen molar-refractivity contribution in [2.75, 3.05) is 0 Å². The van der Waals surface area contributed by atoms with Crippen LogP contribution in [0.4, 0.5) is 0 Å². The first-order chi connectivity index (χ1) is 11.1. The predicted octanol–water partition coefficient (Wildman–Crippen LogP) is 5.49. The molecular formula is C18H31NO4. The molecule has 5 nitrogen and oxygen atoms in total. The van der Waals surface area contributed by atoms with Gasteiger partial charge in [-0.05, 0) is 25.7 Å². The second kappa shape index (κ2) is 15.3. The van der Waals surface area contributed by atoms with Crippen LogP contribution in [0.15, 0.2) is 23.9 Å². The summed E-state index contributed by atoms with van der Waals surface area (Å²) in [5.41, 5.74) is 0.297. The number of hydrogen-bond donors (Lipinski definition) is 1. The molecule has 0 spiro atoms. The number of unbranched alkanes of at least 4 members (excludes halogenated alkanes) is 8. The van der Waals surface area contributed by atoms with Gasteiger partial charge in [0.15, 0.2) is 0 Å². The van der Waals surface area contributed by atoms with E-state index in [9.17, 15) is 14.9 Å². The summed E-state index contributed by atoms with van der Waals surface area (Å²) in [6, 6.07) is 0. The van der Waals surface area contributed by atoms with Gasteiger partial charge in [-0.2, -0.15) is 0 Å². The standard InChI is InChI=1S/C18H31NO4/c1-2-3-4-11-14-17(19(22)23)15-12-9-7-5-6-8-10-13-16-18(20)21/h9,12,15H,2-8,10-11,13-14,16H2,1H3,(H,20,21)/b12-9-,17-15+. The van der Waals surface area contributed by atoms with Crippen LogP contribution in [0.3, 0.4) is 0 Å². The summed E-state index contributed by atoms with van der Waals surface area (Å²) in [6.07, 6.45) is 16.2. The van der Waals surface area contributed by atoms with Crippen LogP contribution >= 0.6 is 0 Å². The molecule has 0 fully saturated rings. The van der Waals surface area contributed by atoms with Crippen LogP contribution in [0.25, 0.3) is 0 Å². The van der Waals surface area contributed by atoms with E-state index in [-0.39, 0.29) is 11.3 Å². The van der Waals surface area contributed by atoms with Crippen molar-refractivity contribution >= 4 is 5.97 Å². The Labute approximate surface area is 139 Å². The average molecular weight is 325 g/mol. The number of carbonyl (C=O) groups is 1. The highest BCUT2D eigenvalue weighted by Gasteiger charge is 2.07. The van der Waals surface area contributed by atoms with E-state index in [4.69, 9.17) is 5.11 Å². The smallest absolute Gasteiger partial charge is 0.303 e. The SMILES string of the molecule is CCCCCC/C(=C\C=C/CCCCCCCC(=O)O)[N+](=O)[O-]. The highest BCUT2D eigenvalue weighted by Crippen LogP contribution is 2.11. The fourth-order valence-corrected chi connectivity index (χ4v) is 2.31. The molecule has 0 unspecified atom stereocenters. The molecule has 0 rings (SSSR count). The van der Waals surface area contributed by atoms with Crippen LogP contribution in [-0.4, -0.2) is 16.0 Å². The molecule has 0 aliphatic carbocycles. The van der Waals surface area contributed by atoms with Crippen molar-refractivity contribution in [1.29, 1.82) is 0 Å². The second-order valence-electron chi connectivity index (χ2n) is 5.85. The van der Waals surface area contributed by atoms with E-state index in [2.05, 4.69) is 6.92 Å². The highest BCUT2D eigenvalue weighted by atomic mass is 16.6. The van der Waals surface area contributed by atoms with Gasteiger partial charge in [0.1, 0.15) is 0 Å². The van der Waals surface area contributed by atoms with E-state index >= 15 is 0 Å². The average Bonchev–Trinajstić information content (AvgIpc) is 2.50. The number of carboxylic acids is 1. The number of nitrogens with zero attached hydrogens (tertiary/aromatic N) is 1. The van der Waals surface area contributed by atoms with Crippen molar-refractivity contribution in [2.45, 2.75) is 84.0 Å². The van der Waals surface area contributed by atoms with E-state index in [1.807, 2.05) is 6.08 Å². The van der Waals surface area contributed by atoms with Crippen molar-refractivity contribution in [3.63, 3.8) is 0 Å². The van der Waals surface area contributed by atoms with Crippen molar-refractivity contribution in [2.24, 2.45) is 0 Å². The zero-order valence-corrected chi connectivity index (χ0v) is 14.3. The Morgan fingerprint density at radius 1 is 1.00 bits per heavy atom. The third-order valence-corrected chi connectivity index (χ3v) is 3.71. The first kappa shape index (κ1) is 21.4. The lowest BCUT2D eigenvalue weighted by Crippen LogP contribution is -1.98. The first-order valence-electron chi connectivity index (χ1n) is 8.79.